The lowest BCUT2D eigenvalue weighted by molar-refractivity contribution is 0.0113. The SMILES string of the molecule is Cc1nc2c(o1)CCN(c1cc(C3=Nc4ccc(OC5(C)CCC5)cc43)ncn1)C2. The summed E-state index contributed by atoms with van der Waals surface area (Å²) in [6, 6.07) is 8.14. The molecule has 0 saturated heterocycles. The number of ether oxygens (including phenoxy) is 1. The highest BCUT2D eigenvalue weighted by atomic mass is 16.5. The lowest BCUT2D eigenvalue weighted by atomic mass is 9.82. The summed E-state index contributed by atoms with van der Waals surface area (Å²) < 4.78 is 11.9. The zero-order chi connectivity index (χ0) is 20.3. The predicted octanol–water partition coefficient (Wildman–Crippen LogP) is 4.14. The number of aliphatic imine (C=N–C) groups is 1. The summed E-state index contributed by atoms with van der Waals surface area (Å²) in [6.45, 7) is 5.61. The molecule has 1 saturated carbocycles. The van der Waals surface area contributed by atoms with E-state index in [-0.39, 0.29) is 5.60 Å². The largest absolute Gasteiger partial charge is 0.488 e. The Kier molecular flexibility index (Phi) is 3.75. The third kappa shape index (κ3) is 2.88. The molecule has 1 fully saturated rings. The van der Waals surface area contributed by atoms with E-state index in [0.29, 0.717) is 6.54 Å². The van der Waals surface area contributed by atoms with E-state index in [1.54, 1.807) is 6.33 Å². The van der Waals surface area contributed by atoms with E-state index in [9.17, 15) is 0 Å². The van der Waals surface area contributed by atoms with E-state index in [4.69, 9.17) is 9.15 Å². The van der Waals surface area contributed by atoms with Gasteiger partial charge in [0.2, 0.25) is 0 Å². The Balaban J connectivity index is 1.24. The van der Waals surface area contributed by atoms with E-state index in [0.717, 1.165) is 77.4 Å². The van der Waals surface area contributed by atoms with Crippen molar-refractivity contribution in [2.24, 2.45) is 4.99 Å². The lowest BCUT2D eigenvalue weighted by Crippen LogP contribution is -2.39. The van der Waals surface area contributed by atoms with Gasteiger partial charge in [-0.05, 0) is 44.4 Å². The number of anilines is 1. The van der Waals surface area contributed by atoms with Gasteiger partial charge >= 0.3 is 0 Å². The average Bonchev–Trinajstić information content (AvgIpc) is 3.08. The van der Waals surface area contributed by atoms with Gasteiger partial charge in [0.25, 0.3) is 0 Å². The van der Waals surface area contributed by atoms with E-state index < -0.39 is 0 Å². The highest BCUT2D eigenvalue weighted by Gasteiger charge is 2.34. The number of oxazole rings is 1. The summed E-state index contributed by atoms with van der Waals surface area (Å²) in [5, 5.41) is 0. The summed E-state index contributed by atoms with van der Waals surface area (Å²) in [4.78, 5) is 20.4. The van der Waals surface area contributed by atoms with Crippen LogP contribution in [0.1, 0.15) is 54.8 Å². The molecule has 6 rings (SSSR count). The fourth-order valence-corrected chi connectivity index (χ4v) is 4.42. The number of hydrogen-bond acceptors (Lipinski definition) is 7. The maximum absolute atomic E-state index is 6.23. The number of rotatable bonds is 4. The number of nitrogens with zero attached hydrogens (tertiary/aromatic N) is 5. The molecule has 0 atom stereocenters. The monoisotopic (exact) mass is 401 g/mol. The first-order chi connectivity index (χ1) is 14.6. The molecule has 0 unspecified atom stereocenters. The van der Waals surface area contributed by atoms with Crippen LogP contribution in [0, 0.1) is 6.92 Å². The summed E-state index contributed by atoms with van der Waals surface area (Å²) in [7, 11) is 0. The molecule has 4 heterocycles. The van der Waals surface area contributed by atoms with Gasteiger partial charge < -0.3 is 14.1 Å². The molecule has 0 spiro atoms. The number of fused-ring (bicyclic) bond motifs is 2. The van der Waals surface area contributed by atoms with E-state index in [1.807, 2.05) is 25.1 Å². The van der Waals surface area contributed by atoms with E-state index in [1.165, 1.54) is 6.42 Å². The molecule has 0 amide bonds. The lowest BCUT2D eigenvalue weighted by Gasteiger charge is -2.38. The smallest absolute Gasteiger partial charge is 0.191 e. The Hall–Kier alpha value is -3.22. The van der Waals surface area contributed by atoms with Crippen LogP contribution in [0.25, 0.3) is 0 Å². The first-order valence-corrected chi connectivity index (χ1v) is 10.5. The Bertz CT molecular complexity index is 1180. The molecule has 3 aromatic rings. The number of aromatic nitrogens is 3. The normalized spacial score (nSPS) is 18.6. The van der Waals surface area contributed by atoms with Crippen LogP contribution in [-0.4, -0.2) is 32.8 Å². The predicted molar refractivity (Wildman–Crippen MR) is 113 cm³/mol. The van der Waals surface area contributed by atoms with Crippen LogP contribution in [-0.2, 0) is 13.0 Å². The third-order valence-corrected chi connectivity index (χ3v) is 6.28. The Labute approximate surface area is 174 Å². The van der Waals surface area contributed by atoms with Gasteiger partial charge in [-0.15, -0.1) is 0 Å². The highest BCUT2D eigenvalue weighted by Crippen LogP contribution is 2.40. The van der Waals surface area contributed by atoms with Gasteiger partial charge in [-0.3, -0.25) is 0 Å². The standard InChI is InChI=1S/C23H23N5O2/c1-14-26-19-12-28(9-6-20(19)29-14)21-11-18(24-13-25-21)22-16-10-15(4-5-17(16)27-22)30-23(2)7-3-8-23/h4-5,10-11,13H,3,6-9,12H2,1-2H3. The summed E-state index contributed by atoms with van der Waals surface area (Å²) in [5.74, 6) is 3.50. The van der Waals surface area contributed by atoms with Gasteiger partial charge in [0.05, 0.1) is 23.6 Å². The molecule has 1 aliphatic carbocycles. The van der Waals surface area contributed by atoms with Crippen LogP contribution in [0.3, 0.4) is 0 Å². The quantitative estimate of drug-likeness (QED) is 0.512. The van der Waals surface area contributed by atoms with Gasteiger partial charge in [-0.1, -0.05) is 0 Å². The van der Waals surface area contributed by atoms with Gasteiger partial charge in [0.15, 0.2) is 5.89 Å². The Morgan fingerprint density at radius 1 is 1.17 bits per heavy atom. The van der Waals surface area contributed by atoms with Crippen molar-refractivity contribution in [1.82, 2.24) is 15.0 Å². The summed E-state index contributed by atoms with van der Waals surface area (Å²) in [6.07, 6.45) is 5.92. The van der Waals surface area contributed by atoms with Crippen molar-refractivity contribution >= 4 is 17.2 Å². The van der Waals surface area contributed by atoms with Crippen molar-refractivity contribution in [1.29, 1.82) is 0 Å². The van der Waals surface area contributed by atoms with Crippen molar-refractivity contribution in [3.8, 4) is 5.75 Å². The number of benzene rings is 1. The molecular formula is C23H23N5O2. The summed E-state index contributed by atoms with van der Waals surface area (Å²) in [5.41, 5.74) is 4.78. The molecule has 7 heteroatoms. The molecule has 30 heavy (non-hydrogen) atoms. The number of hydrogen-bond donors (Lipinski definition) is 0. The van der Waals surface area contributed by atoms with Crippen LogP contribution < -0.4 is 9.64 Å². The Morgan fingerprint density at radius 3 is 2.90 bits per heavy atom. The molecular weight excluding hydrogens is 378 g/mol. The molecule has 2 aromatic heterocycles. The average molecular weight is 401 g/mol. The Morgan fingerprint density at radius 2 is 2.07 bits per heavy atom. The minimum absolute atomic E-state index is 0.0238. The van der Waals surface area contributed by atoms with Crippen LogP contribution in [0.15, 0.2) is 40.0 Å². The highest BCUT2D eigenvalue weighted by molar-refractivity contribution is 6.21. The molecule has 152 valence electrons. The summed E-state index contributed by atoms with van der Waals surface area (Å²) >= 11 is 0. The first-order valence-electron chi connectivity index (χ1n) is 10.5. The fourth-order valence-electron chi connectivity index (χ4n) is 4.42. The van der Waals surface area contributed by atoms with E-state index >= 15 is 0 Å². The minimum atomic E-state index is -0.0238. The molecule has 0 N–H and O–H groups in total. The van der Waals surface area contributed by atoms with Crippen LogP contribution in [0.2, 0.25) is 0 Å². The first kappa shape index (κ1) is 17.6. The van der Waals surface area contributed by atoms with Crippen LogP contribution in [0.4, 0.5) is 11.5 Å². The van der Waals surface area contributed by atoms with Gasteiger partial charge in [-0.25, -0.2) is 19.9 Å². The topological polar surface area (TPSA) is 76.6 Å². The van der Waals surface area contributed by atoms with Gasteiger partial charge in [0.1, 0.15) is 34.9 Å². The van der Waals surface area contributed by atoms with Gasteiger partial charge in [0, 0.05) is 31.5 Å². The zero-order valence-electron chi connectivity index (χ0n) is 17.2. The van der Waals surface area contributed by atoms with Crippen molar-refractivity contribution in [3.05, 3.63) is 59.2 Å². The van der Waals surface area contributed by atoms with Crippen LogP contribution in [0.5, 0.6) is 5.75 Å². The van der Waals surface area contributed by atoms with Crippen molar-refractivity contribution in [2.75, 3.05) is 11.4 Å². The second-order valence-corrected chi connectivity index (χ2v) is 8.58. The number of aryl methyl sites for hydroxylation is 1. The van der Waals surface area contributed by atoms with Gasteiger partial charge in [-0.2, -0.15) is 0 Å². The maximum Gasteiger partial charge on any atom is 0.191 e. The minimum Gasteiger partial charge on any atom is -0.488 e. The van der Waals surface area contributed by atoms with Crippen molar-refractivity contribution in [2.45, 2.75) is 51.7 Å². The molecule has 7 nitrogen and oxygen atoms in total. The molecule has 0 radical (unpaired) electrons. The maximum atomic E-state index is 6.23. The molecule has 2 aliphatic heterocycles. The molecule has 3 aliphatic rings. The molecule has 1 aromatic carbocycles. The molecule has 0 bridgehead atoms. The fraction of sp³-hybridized carbons (Fsp3) is 0.391. The van der Waals surface area contributed by atoms with E-state index in [2.05, 4.69) is 37.8 Å². The second kappa shape index (κ2) is 6.39. The van der Waals surface area contributed by atoms with Crippen LogP contribution >= 0.6 is 0 Å². The van der Waals surface area contributed by atoms with Crippen molar-refractivity contribution in [3.63, 3.8) is 0 Å². The third-order valence-electron chi connectivity index (χ3n) is 6.28. The van der Waals surface area contributed by atoms with Crippen molar-refractivity contribution < 1.29 is 9.15 Å². The zero-order valence-corrected chi connectivity index (χ0v) is 17.2. The second-order valence-electron chi connectivity index (χ2n) is 8.58.